The first-order valence-electron chi connectivity index (χ1n) is 34.1. The van der Waals surface area contributed by atoms with Gasteiger partial charge in [-0.25, -0.2) is 43.2 Å². The maximum absolute atomic E-state index is 15.4. The van der Waals surface area contributed by atoms with Crippen LogP contribution in [-0.4, -0.2) is 271 Å². The number of carbonyl (C=O) groups excluding carboxylic acids is 8. The van der Waals surface area contributed by atoms with Crippen molar-refractivity contribution < 1.29 is 243 Å². The number of carbonyl (C=O) groups is 9. The Morgan fingerprint density at radius 2 is 0.645 bits per heavy atom. The van der Waals surface area contributed by atoms with Crippen LogP contribution in [0.5, 0.6) is 167 Å². The number of aromatic carboxylic acids is 1. The average Bonchev–Trinajstić information content (AvgIpc) is 1.02. The molecule has 9 aromatic rings. The van der Waals surface area contributed by atoms with Crippen LogP contribution in [0.3, 0.4) is 0 Å². The van der Waals surface area contributed by atoms with Gasteiger partial charge in [0.05, 0.1) is 45.6 Å². The standard InChI is InChI=1S/C75H56O49/c76-15-40-53(98)61(119-66(105)18-2-26(77)44(89)27(78)3-18)63(121-72(111)24-13-36(87)51(96)56(101)58(24)114-38-9-17(65(103)104)1-32(83)47(38)92)74(116-40)124-69(108)21-8-33(84)48(93)39(10-21)115-59-25(14-37(88)52(97)57(59)102)73(112)122-64-62(120-67(106)19-4-28(79)45(90)29(80)5-19)60-41(117-75(64)123-68(107)20-6-30(81)46(91)31(82)7-20)16-113-70(109)22-11-34(85)49(94)54(99)42(22)43-23(71(110)118-60)12-35(86)50(95)55(43)100/h1-14,40-41,53,60-64,74-102H,15-16H2,(H,103,104)/t40?,41?,53-,60-,61?,62?,63+,64+,74+,75+/m1/s1. The Labute approximate surface area is 682 Å². The Kier molecular flexibility index (Phi) is 22.8. The number of ether oxygens (including phenoxy) is 12. The van der Waals surface area contributed by atoms with Crippen molar-refractivity contribution in [1.29, 1.82) is 0 Å². The monoisotopic (exact) mass is 1740 g/mol. The van der Waals surface area contributed by atoms with E-state index in [4.69, 9.17) is 56.8 Å². The molecule has 49 nitrogen and oxygen atoms in total. The van der Waals surface area contributed by atoms with Gasteiger partial charge in [0, 0.05) is 23.3 Å². The maximum Gasteiger partial charge on any atom is 0.342 e. The van der Waals surface area contributed by atoms with Crippen LogP contribution in [0, 0.1) is 0 Å². The van der Waals surface area contributed by atoms with E-state index < -0.39 is 356 Å². The Morgan fingerprint density at radius 1 is 0.331 bits per heavy atom. The molecule has 0 aromatic heterocycles. The number of aromatic hydroxyl groups is 25. The van der Waals surface area contributed by atoms with Gasteiger partial charge >= 0.3 is 53.7 Å². The summed E-state index contributed by atoms with van der Waals surface area (Å²) in [6, 6.07) is 4.88. The van der Waals surface area contributed by atoms with Crippen LogP contribution in [0.1, 0.15) is 93.2 Å². The summed E-state index contributed by atoms with van der Waals surface area (Å²) in [5, 5.41) is 301. The minimum absolute atomic E-state index is 0.104. The van der Waals surface area contributed by atoms with Gasteiger partial charge in [-0.1, -0.05) is 0 Å². The first-order valence-corrected chi connectivity index (χ1v) is 34.1. The van der Waals surface area contributed by atoms with Crippen LogP contribution in [0.4, 0.5) is 0 Å². The first-order chi connectivity index (χ1) is 58.3. The molecule has 0 spiro atoms. The maximum atomic E-state index is 15.4. The van der Waals surface area contributed by atoms with Crippen LogP contribution in [0.2, 0.25) is 0 Å². The number of cyclic esters (lactones) is 1. The van der Waals surface area contributed by atoms with Gasteiger partial charge < -0.3 is 200 Å². The number of hydrogen-bond donors (Lipinski definition) is 28. The summed E-state index contributed by atoms with van der Waals surface area (Å²) < 4.78 is 67.2. The molecule has 124 heavy (non-hydrogen) atoms. The van der Waals surface area contributed by atoms with E-state index in [0.717, 1.165) is 0 Å². The largest absolute Gasteiger partial charge is 0.504 e. The third-order valence-electron chi connectivity index (χ3n) is 18.4. The molecule has 3 heterocycles. The zero-order valence-corrected chi connectivity index (χ0v) is 60.9. The lowest BCUT2D eigenvalue weighted by Gasteiger charge is -2.43. The number of aliphatic hydroxyl groups excluding tert-OH is 2. The summed E-state index contributed by atoms with van der Waals surface area (Å²) in [7, 11) is 0. The molecular weight excluding hydrogens is 1680 g/mol. The van der Waals surface area contributed by atoms with E-state index in [9.17, 15) is 177 Å². The number of esters is 8. The zero-order chi connectivity index (χ0) is 90.9. The summed E-state index contributed by atoms with van der Waals surface area (Å²) in [5.41, 5.74) is -13.0. The molecule has 9 aromatic carbocycles. The summed E-state index contributed by atoms with van der Waals surface area (Å²) in [4.78, 5) is 129. The van der Waals surface area contributed by atoms with Gasteiger partial charge in [0.2, 0.25) is 70.8 Å². The summed E-state index contributed by atoms with van der Waals surface area (Å²) in [5.74, 6) is -59.3. The van der Waals surface area contributed by atoms with Crippen molar-refractivity contribution in [3.63, 3.8) is 0 Å². The Balaban J connectivity index is 0.956. The number of aliphatic hydroxyl groups is 2. The summed E-state index contributed by atoms with van der Waals surface area (Å²) in [6.45, 7) is -2.95. The van der Waals surface area contributed by atoms with Crippen molar-refractivity contribution in [1.82, 2.24) is 0 Å². The van der Waals surface area contributed by atoms with Crippen LogP contribution >= 0.6 is 0 Å². The Bertz CT molecular complexity index is 5940. The molecular formula is C75H56O49. The van der Waals surface area contributed by atoms with Gasteiger partial charge in [0.15, 0.2) is 139 Å². The number of benzene rings is 9. The molecule has 4 unspecified atom stereocenters. The smallest absolute Gasteiger partial charge is 0.342 e. The molecule has 650 valence electrons. The van der Waals surface area contributed by atoms with Gasteiger partial charge in [0.25, 0.3) is 0 Å². The second kappa shape index (κ2) is 32.9. The second-order valence-electron chi connectivity index (χ2n) is 26.3. The SMILES string of the molecule is O=C(O)c1cc(O)c(O)c(Oc2c(C(=O)O[C@H]3C(OC(=O)c4cc(O)c(O)c(O)c4)[C@H](O)C(CO)O[C@H]3OC(=O)c3cc(O)c(O)c(Oc4c(C(=O)O[C@H]5C(OC(=O)c6cc(O)c(O)c(O)c6)[C@@H]6OC(=O)c7cc(O)c(O)c(O)c7-c7c(cc(O)c(O)c7O)C(=O)OCC6O[C@H]5OC(=O)c5cc(O)c(O)c(O)c5)cc(O)c(O)c4O)c3)cc(O)c(O)c2O)c1. The Hall–Kier alpha value is -17.4. The predicted octanol–water partition coefficient (Wildman–Crippen LogP) is 2.69. The van der Waals surface area contributed by atoms with Crippen LogP contribution in [0.25, 0.3) is 11.1 Å². The van der Waals surface area contributed by atoms with Crippen LogP contribution in [-0.2, 0) is 47.4 Å². The molecule has 2 saturated heterocycles. The molecule has 28 N–H and O–H groups in total. The molecule has 0 saturated carbocycles. The van der Waals surface area contributed by atoms with Crippen molar-refractivity contribution in [3.8, 4) is 178 Å². The van der Waals surface area contributed by atoms with Crippen LogP contribution in [0.15, 0.2) is 84.9 Å². The number of fused-ring (bicyclic) bond motifs is 4. The normalized spacial score (nSPS) is 19.1. The van der Waals surface area contributed by atoms with Crippen molar-refractivity contribution in [2.75, 3.05) is 13.2 Å². The quantitative estimate of drug-likeness (QED) is 0.0333. The zero-order valence-electron chi connectivity index (χ0n) is 60.9. The third-order valence-corrected chi connectivity index (χ3v) is 18.4. The second-order valence-corrected chi connectivity index (χ2v) is 26.3. The summed E-state index contributed by atoms with van der Waals surface area (Å²) >= 11 is 0. The first kappa shape index (κ1) is 86.0. The molecule has 0 aliphatic carbocycles. The topological polar surface area (TPSA) is 831 Å². The lowest BCUT2D eigenvalue weighted by molar-refractivity contribution is -0.283. The van der Waals surface area contributed by atoms with E-state index >= 15 is 9.59 Å². The molecule has 49 heteroatoms. The van der Waals surface area contributed by atoms with E-state index in [1.54, 1.807) is 0 Å². The molecule has 3 aliphatic rings. The minimum Gasteiger partial charge on any atom is -0.504 e. The molecule has 0 bridgehead atoms. The molecule has 3 aliphatic heterocycles. The van der Waals surface area contributed by atoms with Gasteiger partial charge in [0.1, 0.15) is 36.0 Å². The number of rotatable bonds is 18. The van der Waals surface area contributed by atoms with E-state index in [0.29, 0.717) is 54.6 Å². The number of phenolic OH excluding ortho intramolecular Hbond substituents is 25. The fourth-order valence-corrected chi connectivity index (χ4v) is 12.3. The highest BCUT2D eigenvalue weighted by atomic mass is 16.8. The number of hydrogen-bond acceptors (Lipinski definition) is 48. The van der Waals surface area contributed by atoms with Gasteiger partial charge in [-0.2, -0.15) is 0 Å². The third kappa shape index (κ3) is 15.9. The van der Waals surface area contributed by atoms with Gasteiger partial charge in [-0.3, -0.25) is 0 Å². The average molecular weight is 1740 g/mol. The highest BCUT2D eigenvalue weighted by Gasteiger charge is 2.57. The predicted molar refractivity (Wildman–Crippen MR) is 383 cm³/mol. The molecule has 2 fully saturated rings. The number of phenols is 25. The highest BCUT2D eigenvalue weighted by Crippen LogP contribution is 2.56. The minimum atomic E-state index is -3.06. The Morgan fingerprint density at radius 3 is 1.05 bits per heavy atom. The van der Waals surface area contributed by atoms with Crippen molar-refractivity contribution in [3.05, 3.63) is 135 Å². The van der Waals surface area contributed by atoms with E-state index in [2.05, 4.69) is 0 Å². The van der Waals surface area contributed by atoms with Gasteiger partial charge in [-0.15, -0.1) is 0 Å². The fraction of sp³-hybridized carbons (Fsp3) is 0.160. The lowest BCUT2D eigenvalue weighted by atomic mass is 9.92. The summed E-state index contributed by atoms with van der Waals surface area (Å²) in [6.07, 6.45) is -27.5. The highest BCUT2D eigenvalue weighted by molar-refractivity contribution is 6.09. The molecule has 10 atom stereocenters. The lowest BCUT2D eigenvalue weighted by Crippen LogP contribution is -2.63. The molecule has 0 radical (unpaired) electrons. The van der Waals surface area contributed by atoms with Crippen molar-refractivity contribution in [2.45, 2.75) is 61.4 Å². The molecule has 0 amide bonds. The van der Waals surface area contributed by atoms with Crippen molar-refractivity contribution >= 4 is 53.7 Å². The fourth-order valence-electron chi connectivity index (χ4n) is 12.3. The molecule has 12 rings (SSSR count). The van der Waals surface area contributed by atoms with Crippen molar-refractivity contribution in [2.24, 2.45) is 0 Å². The van der Waals surface area contributed by atoms with E-state index in [-0.39, 0.29) is 30.3 Å². The number of carboxylic acids is 1. The van der Waals surface area contributed by atoms with E-state index in [1.165, 1.54) is 0 Å². The number of carboxylic acid groups (broad SMARTS) is 1. The van der Waals surface area contributed by atoms with E-state index in [1.807, 2.05) is 0 Å². The van der Waals surface area contributed by atoms with Gasteiger partial charge in [-0.05, 0) is 72.8 Å². The van der Waals surface area contributed by atoms with Crippen LogP contribution < -0.4 is 9.47 Å².